The van der Waals surface area contributed by atoms with Gasteiger partial charge in [-0.25, -0.2) is 4.98 Å². The summed E-state index contributed by atoms with van der Waals surface area (Å²) >= 11 is 6.35. The highest BCUT2D eigenvalue weighted by Crippen LogP contribution is 2.48. The van der Waals surface area contributed by atoms with Crippen molar-refractivity contribution in [1.29, 1.82) is 0 Å². The van der Waals surface area contributed by atoms with E-state index >= 15 is 0 Å². The summed E-state index contributed by atoms with van der Waals surface area (Å²) in [5, 5.41) is -0.127. The molecular weight excluding hydrogens is 580 g/mol. The van der Waals surface area contributed by atoms with Gasteiger partial charge in [0.25, 0.3) is 5.91 Å². The van der Waals surface area contributed by atoms with Crippen molar-refractivity contribution in [2.75, 3.05) is 25.7 Å². The maximum Gasteiger partial charge on any atom is 0.434 e. The minimum Gasteiger partial charge on any atom is -0.497 e. The van der Waals surface area contributed by atoms with Gasteiger partial charge in [-0.2, -0.15) is 31.3 Å². The molecule has 0 saturated heterocycles. The first-order chi connectivity index (χ1) is 19.1. The van der Waals surface area contributed by atoms with E-state index in [2.05, 4.69) is 16.5 Å². The second-order valence-corrected chi connectivity index (χ2v) is 9.51. The van der Waals surface area contributed by atoms with Crippen molar-refractivity contribution in [3.63, 3.8) is 0 Å². The number of fused-ring (bicyclic) bond motifs is 1. The van der Waals surface area contributed by atoms with Crippen molar-refractivity contribution in [1.82, 2.24) is 9.97 Å². The summed E-state index contributed by atoms with van der Waals surface area (Å²) in [6.07, 6.45) is -8.76. The number of ether oxygens (including phenoxy) is 3. The highest BCUT2D eigenvalue weighted by atomic mass is 35.5. The van der Waals surface area contributed by atoms with E-state index in [-0.39, 0.29) is 45.7 Å². The van der Waals surface area contributed by atoms with Gasteiger partial charge in [0, 0.05) is 18.3 Å². The predicted molar refractivity (Wildman–Crippen MR) is 137 cm³/mol. The molecular formula is C27H22ClF6N3O4. The Morgan fingerprint density at radius 1 is 1.15 bits per heavy atom. The third kappa shape index (κ3) is 6.19. The zero-order valence-electron chi connectivity index (χ0n) is 21.7. The van der Waals surface area contributed by atoms with Gasteiger partial charge in [-0.05, 0) is 41.3 Å². The number of amides is 1. The number of nitrogens with zero attached hydrogens (tertiary/aromatic N) is 3. The number of likely N-dealkylation sites (N-methyl/N-ethyl adjacent to an activating group) is 1. The van der Waals surface area contributed by atoms with Gasteiger partial charge >= 0.3 is 18.4 Å². The van der Waals surface area contributed by atoms with Gasteiger partial charge < -0.3 is 19.1 Å². The number of alkyl halides is 6. The maximum absolute atomic E-state index is 14.4. The van der Waals surface area contributed by atoms with Crippen LogP contribution < -0.4 is 14.4 Å². The fourth-order valence-corrected chi connectivity index (χ4v) is 4.76. The third-order valence-corrected chi connectivity index (χ3v) is 6.86. The van der Waals surface area contributed by atoms with Gasteiger partial charge in [-0.1, -0.05) is 37.2 Å². The molecule has 2 unspecified atom stereocenters. The highest BCUT2D eigenvalue weighted by Gasteiger charge is 2.45. The second-order valence-electron chi connectivity index (χ2n) is 9.10. The number of halogens is 7. The number of carbonyl (C=O) groups excluding carboxylic acids is 1. The van der Waals surface area contributed by atoms with Crippen LogP contribution in [-0.2, 0) is 15.7 Å². The summed E-state index contributed by atoms with van der Waals surface area (Å²) < 4.78 is 99.2. The number of aromatic nitrogens is 2. The fraction of sp³-hybridized carbons (Fsp3) is 0.296. The van der Waals surface area contributed by atoms with Gasteiger partial charge in [-0.3, -0.25) is 4.79 Å². The number of anilines is 1. The van der Waals surface area contributed by atoms with Crippen LogP contribution in [0.1, 0.15) is 41.1 Å². The van der Waals surface area contributed by atoms with E-state index in [4.69, 9.17) is 25.8 Å². The molecule has 2 aromatic carbocycles. The monoisotopic (exact) mass is 601 g/mol. The molecule has 0 aliphatic carbocycles. The number of carbonyl (C=O) groups is 1. The van der Waals surface area contributed by atoms with Crippen LogP contribution >= 0.6 is 11.6 Å². The Kier molecular flexibility index (Phi) is 8.12. The molecule has 4 rings (SSSR count). The number of benzene rings is 2. The van der Waals surface area contributed by atoms with E-state index < -0.39 is 47.4 Å². The molecule has 14 heteroatoms. The zero-order chi connectivity index (χ0) is 30.3. The van der Waals surface area contributed by atoms with Gasteiger partial charge in [0.1, 0.15) is 17.3 Å². The predicted octanol–water partition coefficient (Wildman–Crippen LogP) is 7.36. The SMILES string of the molecule is C=C(OC)c1cnc(Oc2ccc(C(C)C(c3ccc4c(c3)N(C)C(=O)CO4)C(F)(F)F)c(Cl)c2)nc1C(F)(F)F. The topological polar surface area (TPSA) is 73.8 Å². The van der Waals surface area contributed by atoms with E-state index in [1.165, 1.54) is 49.2 Å². The standard InChI is InChI=1S/C27H22ClF6N3O4/c1-13(23(26(29,30)31)15-5-8-21-20(9-15)37(3)22(38)12-40-21)17-7-6-16(10-19(17)28)41-25-35-11-18(14(2)39-4)24(36-25)27(32,33)34/h5-11,13,23H,2,12H2,1,3-4H3. The average molecular weight is 602 g/mol. The lowest BCUT2D eigenvalue weighted by atomic mass is 9.81. The van der Waals surface area contributed by atoms with Gasteiger partial charge in [0.05, 0.1) is 24.3 Å². The van der Waals surface area contributed by atoms with Gasteiger partial charge in [-0.15, -0.1) is 0 Å². The van der Waals surface area contributed by atoms with Crippen LogP contribution in [0.2, 0.25) is 5.02 Å². The molecule has 1 aliphatic heterocycles. The van der Waals surface area contributed by atoms with Crippen LogP contribution in [0.3, 0.4) is 0 Å². The number of hydrogen-bond donors (Lipinski definition) is 0. The lowest BCUT2D eigenvalue weighted by Gasteiger charge is -2.31. The van der Waals surface area contributed by atoms with E-state index in [9.17, 15) is 31.1 Å². The molecule has 0 spiro atoms. The Labute approximate surface area is 235 Å². The summed E-state index contributed by atoms with van der Waals surface area (Å²) in [7, 11) is 2.58. The quantitative estimate of drug-likeness (QED) is 0.208. The molecule has 0 fully saturated rings. The van der Waals surface area contributed by atoms with Crippen molar-refractivity contribution in [2.24, 2.45) is 0 Å². The molecule has 218 valence electrons. The first kappa shape index (κ1) is 30.0. The number of methoxy groups -OCH3 is 1. The summed E-state index contributed by atoms with van der Waals surface area (Å²) in [6.45, 7) is 4.50. The Balaban J connectivity index is 1.65. The van der Waals surface area contributed by atoms with E-state index in [1.54, 1.807) is 0 Å². The Bertz CT molecular complexity index is 1490. The summed E-state index contributed by atoms with van der Waals surface area (Å²) in [5.41, 5.74) is -1.65. The first-order valence-electron chi connectivity index (χ1n) is 11.9. The molecule has 0 saturated carbocycles. The molecule has 7 nitrogen and oxygen atoms in total. The molecule has 2 heterocycles. The maximum atomic E-state index is 14.4. The fourth-order valence-electron chi connectivity index (χ4n) is 4.41. The van der Waals surface area contributed by atoms with E-state index in [0.29, 0.717) is 0 Å². The molecule has 1 aliphatic rings. The Hall–Kier alpha value is -4.00. The molecule has 3 aromatic rings. The Morgan fingerprint density at radius 2 is 1.85 bits per heavy atom. The highest BCUT2D eigenvalue weighted by molar-refractivity contribution is 6.31. The average Bonchev–Trinajstić information content (AvgIpc) is 2.89. The van der Waals surface area contributed by atoms with E-state index in [0.717, 1.165) is 19.4 Å². The lowest BCUT2D eigenvalue weighted by molar-refractivity contribution is -0.154. The van der Waals surface area contributed by atoms with Gasteiger partial charge in [0.2, 0.25) is 0 Å². The molecule has 1 aromatic heterocycles. The number of rotatable bonds is 7. The summed E-state index contributed by atoms with van der Waals surface area (Å²) in [4.78, 5) is 20.4. The first-order valence-corrected chi connectivity index (χ1v) is 12.2. The smallest absolute Gasteiger partial charge is 0.434 e. The number of hydrogen-bond acceptors (Lipinski definition) is 6. The van der Waals surface area contributed by atoms with E-state index in [1.807, 2.05) is 0 Å². The van der Waals surface area contributed by atoms with Crippen LogP contribution in [0.15, 0.2) is 49.2 Å². The van der Waals surface area contributed by atoms with Crippen LogP contribution in [0.5, 0.6) is 17.5 Å². The van der Waals surface area contributed by atoms with Crippen LogP contribution in [0, 0.1) is 0 Å². The molecule has 0 bridgehead atoms. The van der Waals surface area contributed by atoms with Crippen molar-refractivity contribution in [3.8, 4) is 17.5 Å². The largest absolute Gasteiger partial charge is 0.497 e. The summed E-state index contributed by atoms with van der Waals surface area (Å²) in [6, 6.07) is 6.92. The minimum absolute atomic E-state index is 0.100. The van der Waals surface area contributed by atoms with Crippen molar-refractivity contribution in [3.05, 3.63) is 76.6 Å². The molecule has 0 radical (unpaired) electrons. The zero-order valence-corrected chi connectivity index (χ0v) is 22.5. The van der Waals surface area contributed by atoms with Gasteiger partial charge in [0.15, 0.2) is 12.3 Å². The molecule has 1 amide bonds. The molecule has 2 atom stereocenters. The minimum atomic E-state index is -4.88. The molecule has 41 heavy (non-hydrogen) atoms. The van der Waals surface area contributed by atoms with Crippen molar-refractivity contribution >= 4 is 29.0 Å². The molecule has 0 N–H and O–H groups in total. The second kappa shape index (κ2) is 11.1. The normalized spacial score (nSPS) is 15.1. The van der Waals surface area contributed by atoms with Crippen LogP contribution in [0.25, 0.3) is 5.76 Å². The van der Waals surface area contributed by atoms with Crippen molar-refractivity contribution < 1.29 is 45.3 Å². The summed E-state index contributed by atoms with van der Waals surface area (Å²) in [5.74, 6) is -3.79. The van der Waals surface area contributed by atoms with Crippen LogP contribution in [0.4, 0.5) is 32.0 Å². The Morgan fingerprint density at radius 3 is 2.46 bits per heavy atom. The third-order valence-electron chi connectivity index (χ3n) is 6.53. The van der Waals surface area contributed by atoms with Crippen molar-refractivity contribution in [2.45, 2.75) is 31.1 Å². The van der Waals surface area contributed by atoms with Crippen LogP contribution in [-0.4, -0.2) is 42.8 Å². The lowest BCUT2D eigenvalue weighted by Crippen LogP contribution is -2.35.